The number of benzene rings is 1. The predicted molar refractivity (Wildman–Crippen MR) is 116 cm³/mol. The summed E-state index contributed by atoms with van der Waals surface area (Å²) in [6, 6.07) is 10.7. The molecular weight excluding hydrogens is 439 g/mol. The van der Waals surface area contributed by atoms with Gasteiger partial charge in [0.15, 0.2) is 11.8 Å². The third-order valence-corrected chi connectivity index (χ3v) is 4.81. The van der Waals surface area contributed by atoms with Crippen LogP contribution in [-0.2, 0) is 19.0 Å². The Morgan fingerprint density at radius 2 is 2.00 bits per heavy atom. The average Bonchev–Trinajstić information content (AvgIpc) is 3.37. The second kappa shape index (κ2) is 9.16. The average molecular weight is 466 g/mol. The van der Waals surface area contributed by atoms with Crippen molar-refractivity contribution >= 4 is 29.9 Å². The van der Waals surface area contributed by atoms with Gasteiger partial charge in [0.05, 0.1) is 0 Å². The van der Waals surface area contributed by atoms with Gasteiger partial charge in [-0.05, 0) is 25.3 Å². The van der Waals surface area contributed by atoms with Crippen LogP contribution in [0.1, 0.15) is 30.1 Å². The second-order valence-electron chi connectivity index (χ2n) is 6.56. The molecule has 1 fully saturated rings. The summed E-state index contributed by atoms with van der Waals surface area (Å²) in [5.74, 6) is 2.52. The van der Waals surface area contributed by atoms with Crippen molar-refractivity contribution in [1.29, 1.82) is 0 Å². The number of halogens is 1. The quantitative estimate of drug-likeness (QED) is 0.285. The number of hydrogen-bond donors (Lipinski definition) is 2. The molecule has 26 heavy (non-hydrogen) atoms. The van der Waals surface area contributed by atoms with E-state index in [0.717, 1.165) is 24.2 Å². The maximum atomic E-state index is 4.65. The molecule has 140 valence electrons. The maximum absolute atomic E-state index is 4.65. The van der Waals surface area contributed by atoms with Gasteiger partial charge in [-0.1, -0.05) is 36.4 Å². The van der Waals surface area contributed by atoms with Crippen molar-refractivity contribution in [2.24, 2.45) is 12.0 Å². The van der Waals surface area contributed by atoms with Crippen LogP contribution < -0.4 is 10.6 Å². The van der Waals surface area contributed by atoms with Crippen LogP contribution in [0.15, 0.2) is 48.0 Å². The molecule has 2 N–H and O–H groups in total. The highest BCUT2D eigenvalue weighted by atomic mass is 127. The highest BCUT2D eigenvalue weighted by Gasteiger charge is 2.43. The van der Waals surface area contributed by atoms with Crippen molar-refractivity contribution < 1.29 is 0 Å². The van der Waals surface area contributed by atoms with Gasteiger partial charge in [0.2, 0.25) is 0 Å². The maximum Gasteiger partial charge on any atom is 0.191 e. The zero-order valence-electron chi connectivity index (χ0n) is 15.4. The molecule has 6 nitrogen and oxygen atoms in total. The summed E-state index contributed by atoms with van der Waals surface area (Å²) in [4.78, 5) is 4.65. The van der Waals surface area contributed by atoms with Crippen LogP contribution in [0.3, 0.4) is 0 Å². The molecule has 0 unspecified atom stereocenters. The van der Waals surface area contributed by atoms with Crippen LogP contribution in [0.2, 0.25) is 0 Å². The van der Waals surface area contributed by atoms with E-state index in [-0.39, 0.29) is 29.4 Å². The molecule has 1 heterocycles. The standard InChI is InChI=1S/C19H26N6.HI/c1-4-12-20-18(21-13-17-24-23-15(2)25(17)3)22-14-19(10-11-19)16-8-6-5-7-9-16;/h4-9H,1,10-14H2,2-3H3,(H2,20,21,22);1H. The number of aryl methyl sites for hydroxylation is 1. The van der Waals surface area contributed by atoms with E-state index in [9.17, 15) is 0 Å². The predicted octanol–water partition coefficient (Wildman–Crippen LogP) is 2.69. The third-order valence-electron chi connectivity index (χ3n) is 4.81. The van der Waals surface area contributed by atoms with Crippen LogP contribution >= 0.6 is 24.0 Å². The Hall–Kier alpha value is -1.90. The molecule has 1 aromatic carbocycles. The second-order valence-corrected chi connectivity index (χ2v) is 6.56. The van der Waals surface area contributed by atoms with Crippen molar-refractivity contribution in [1.82, 2.24) is 25.4 Å². The van der Waals surface area contributed by atoms with Gasteiger partial charge >= 0.3 is 0 Å². The van der Waals surface area contributed by atoms with Gasteiger partial charge in [0, 0.05) is 25.6 Å². The van der Waals surface area contributed by atoms with Gasteiger partial charge in [0.25, 0.3) is 0 Å². The fourth-order valence-electron chi connectivity index (χ4n) is 2.84. The Morgan fingerprint density at radius 1 is 1.27 bits per heavy atom. The molecule has 0 spiro atoms. The number of hydrogen-bond acceptors (Lipinski definition) is 3. The Kier molecular flexibility index (Phi) is 7.19. The fourth-order valence-corrected chi connectivity index (χ4v) is 2.84. The fraction of sp³-hybridized carbons (Fsp3) is 0.421. The normalized spacial score (nSPS) is 15.1. The van der Waals surface area contributed by atoms with Crippen LogP contribution in [0.25, 0.3) is 0 Å². The van der Waals surface area contributed by atoms with Crippen LogP contribution in [0.5, 0.6) is 0 Å². The highest BCUT2D eigenvalue weighted by Crippen LogP contribution is 2.47. The number of rotatable bonds is 7. The molecule has 1 aliphatic rings. The lowest BCUT2D eigenvalue weighted by atomic mass is 9.96. The minimum Gasteiger partial charge on any atom is -0.355 e. The first-order chi connectivity index (χ1) is 12.1. The topological polar surface area (TPSA) is 67.1 Å². The lowest BCUT2D eigenvalue weighted by Gasteiger charge is -2.19. The lowest BCUT2D eigenvalue weighted by molar-refractivity contribution is 0.646. The summed E-state index contributed by atoms with van der Waals surface area (Å²) >= 11 is 0. The molecule has 0 aliphatic heterocycles. The van der Waals surface area contributed by atoms with Crippen molar-refractivity contribution in [3.63, 3.8) is 0 Å². The molecule has 0 radical (unpaired) electrons. The molecule has 0 atom stereocenters. The van der Waals surface area contributed by atoms with E-state index in [2.05, 4.69) is 62.7 Å². The largest absolute Gasteiger partial charge is 0.355 e. The number of nitrogens with one attached hydrogen (secondary N) is 2. The third kappa shape index (κ3) is 4.84. The Morgan fingerprint density at radius 3 is 2.58 bits per heavy atom. The SMILES string of the molecule is C=CCNC(=NCc1nnc(C)n1C)NCC1(c2ccccc2)CC1.I. The highest BCUT2D eigenvalue weighted by molar-refractivity contribution is 14.0. The van der Waals surface area contributed by atoms with Gasteiger partial charge < -0.3 is 15.2 Å². The van der Waals surface area contributed by atoms with Gasteiger partial charge in [-0.15, -0.1) is 40.8 Å². The van der Waals surface area contributed by atoms with E-state index < -0.39 is 0 Å². The Bertz CT molecular complexity index is 749. The molecule has 2 aromatic rings. The zero-order chi connectivity index (χ0) is 17.7. The van der Waals surface area contributed by atoms with E-state index in [1.54, 1.807) is 0 Å². The smallest absolute Gasteiger partial charge is 0.191 e. The van der Waals surface area contributed by atoms with E-state index in [4.69, 9.17) is 0 Å². The van der Waals surface area contributed by atoms with Crippen molar-refractivity contribution in [3.8, 4) is 0 Å². The number of guanidine groups is 1. The Balaban J connectivity index is 0.00000243. The summed E-state index contributed by atoms with van der Waals surface area (Å²) in [5, 5.41) is 15.0. The summed E-state index contributed by atoms with van der Waals surface area (Å²) in [7, 11) is 1.96. The van der Waals surface area contributed by atoms with Gasteiger partial charge in [-0.3, -0.25) is 0 Å². The molecule has 0 amide bonds. The van der Waals surface area contributed by atoms with Crippen molar-refractivity contribution in [2.75, 3.05) is 13.1 Å². The monoisotopic (exact) mass is 466 g/mol. The van der Waals surface area contributed by atoms with Crippen molar-refractivity contribution in [2.45, 2.75) is 31.7 Å². The summed E-state index contributed by atoms with van der Waals surface area (Å²) < 4.78 is 1.96. The van der Waals surface area contributed by atoms with Gasteiger partial charge in [0.1, 0.15) is 12.4 Å². The minimum absolute atomic E-state index is 0. The van der Waals surface area contributed by atoms with E-state index in [1.807, 2.05) is 24.6 Å². The lowest BCUT2D eigenvalue weighted by Crippen LogP contribution is -2.41. The summed E-state index contributed by atoms with van der Waals surface area (Å²) in [6.45, 7) is 7.73. The molecule has 1 saturated carbocycles. The number of aromatic nitrogens is 3. The summed E-state index contributed by atoms with van der Waals surface area (Å²) in [6.07, 6.45) is 4.25. The molecule has 1 aromatic heterocycles. The first-order valence-electron chi connectivity index (χ1n) is 8.68. The van der Waals surface area contributed by atoms with Crippen LogP contribution in [-0.4, -0.2) is 33.8 Å². The molecule has 1 aliphatic carbocycles. The van der Waals surface area contributed by atoms with Crippen LogP contribution in [0.4, 0.5) is 0 Å². The minimum atomic E-state index is 0. The van der Waals surface area contributed by atoms with Gasteiger partial charge in [-0.2, -0.15) is 0 Å². The zero-order valence-corrected chi connectivity index (χ0v) is 17.7. The number of aliphatic imine (C=N–C) groups is 1. The number of nitrogens with zero attached hydrogens (tertiary/aromatic N) is 4. The van der Waals surface area contributed by atoms with Crippen molar-refractivity contribution in [3.05, 3.63) is 60.2 Å². The first kappa shape index (κ1) is 20.4. The molecule has 0 bridgehead atoms. The van der Waals surface area contributed by atoms with E-state index >= 15 is 0 Å². The first-order valence-corrected chi connectivity index (χ1v) is 8.68. The Labute approximate surface area is 172 Å². The molecule has 0 saturated heterocycles. The van der Waals surface area contributed by atoms with E-state index in [0.29, 0.717) is 13.1 Å². The van der Waals surface area contributed by atoms with E-state index in [1.165, 1.54) is 18.4 Å². The summed E-state index contributed by atoms with van der Waals surface area (Å²) in [5.41, 5.74) is 1.63. The molecule has 7 heteroatoms. The molecular formula is C19H27IN6. The molecule has 3 rings (SSSR count). The van der Waals surface area contributed by atoms with Crippen LogP contribution in [0, 0.1) is 6.92 Å². The van der Waals surface area contributed by atoms with Gasteiger partial charge in [-0.25, -0.2) is 4.99 Å².